The first kappa shape index (κ1) is 22.2. The molecule has 186 valence electrons. The molecule has 0 unspecified atom stereocenters. The highest BCUT2D eigenvalue weighted by molar-refractivity contribution is 5.69. The largest absolute Gasteiger partial charge is 0.420 e. The van der Waals surface area contributed by atoms with Crippen LogP contribution in [0.2, 0.25) is 0 Å². The highest BCUT2D eigenvalue weighted by atomic mass is 16.5. The monoisotopic (exact) mass is 499 g/mol. The molecular formula is C30H25N7O. The van der Waals surface area contributed by atoms with Gasteiger partial charge in [0.05, 0.1) is 28.4 Å². The van der Waals surface area contributed by atoms with E-state index in [0.717, 1.165) is 39.3 Å². The van der Waals surface area contributed by atoms with Crippen molar-refractivity contribution in [2.24, 2.45) is 0 Å². The summed E-state index contributed by atoms with van der Waals surface area (Å²) < 4.78 is 10.1. The zero-order valence-electron chi connectivity index (χ0n) is 21.3. The molecular weight excluding hydrogens is 474 g/mol. The second kappa shape index (κ2) is 8.55. The Labute approximate surface area is 219 Å². The third kappa shape index (κ3) is 3.45. The fraction of sp³-hybridized carbons (Fsp3) is 0.133. The zero-order chi connectivity index (χ0) is 25.8. The van der Waals surface area contributed by atoms with Gasteiger partial charge in [-0.3, -0.25) is 0 Å². The molecule has 38 heavy (non-hydrogen) atoms. The summed E-state index contributed by atoms with van der Waals surface area (Å²) >= 11 is 0. The van der Waals surface area contributed by atoms with Gasteiger partial charge >= 0.3 is 0 Å². The van der Waals surface area contributed by atoms with E-state index in [1.54, 1.807) is 10.8 Å². The van der Waals surface area contributed by atoms with E-state index in [2.05, 4.69) is 41.3 Å². The average Bonchev–Trinajstić information content (AvgIpc) is 3.54. The number of aryl methyl sites for hydroxylation is 1. The number of para-hydroxylation sites is 1. The molecule has 0 spiro atoms. The molecule has 0 saturated heterocycles. The Morgan fingerprint density at radius 1 is 0.816 bits per heavy atom. The minimum Gasteiger partial charge on any atom is -0.420 e. The van der Waals surface area contributed by atoms with Crippen LogP contribution in [0, 0.1) is 6.92 Å². The molecule has 7 rings (SSSR count). The van der Waals surface area contributed by atoms with Crippen molar-refractivity contribution in [3.8, 4) is 28.8 Å². The molecule has 0 saturated carbocycles. The van der Waals surface area contributed by atoms with E-state index in [-0.39, 0.29) is 5.92 Å². The number of rotatable bonds is 4. The number of anilines is 1. The van der Waals surface area contributed by atoms with Crippen LogP contribution in [0.3, 0.4) is 0 Å². The summed E-state index contributed by atoms with van der Waals surface area (Å²) in [4.78, 5) is 11.8. The average molecular weight is 500 g/mol. The van der Waals surface area contributed by atoms with Crippen molar-refractivity contribution in [2.75, 3.05) is 19.0 Å². The summed E-state index contributed by atoms with van der Waals surface area (Å²) in [5, 5.41) is 9.67. The highest BCUT2D eigenvalue weighted by Gasteiger charge is 2.38. The maximum Gasteiger partial charge on any atom is 0.230 e. The third-order valence-electron chi connectivity index (χ3n) is 7.00. The maximum absolute atomic E-state index is 6.50. The molecule has 0 fully saturated rings. The molecule has 1 atom stereocenters. The molecule has 1 aliphatic heterocycles. The highest BCUT2D eigenvalue weighted by Crippen LogP contribution is 2.49. The standard InChI is InChI=1S/C30H25N7O/c1-19-24-25(20-10-6-4-7-11-20)26-28-32-27(21-14-16-22(17-15-21)35(2)3)34-36(28)18-31-29(26)38-30(24)37(33-19)23-12-8-5-9-13-23/h4-18,25H,1-3H3/t25-/m0/s1. The Morgan fingerprint density at radius 3 is 2.24 bits per heavy atom. The van der Waals surface area contributed by atoms with E-state index in [4.69, 9.17) is 24.9 Å². The first-order valence-corrected chi connectivity index (χ1v) is 12.5. The molecule has 6 aromatic rings. The van der Waals surface area contributed by atoms with Crippen LogP contribution >= 0.6 is 0 Å². The first-order chi connectivity index (χ1) is 18.6. The fourth-order valence-electron chi connectivity index (χ4n) is 5.13. The van der Waals surface area contributed by atoms with Gasteiger partial charge < -0.3 is 9.64 Å². The summed E-state index contributed by atoms with van der Waals surface area (Å²) in [5.41, 5.74) is 7.59. The van der Waals surface area contributed by atoms with E-state index < -0.39 is 0 Å². The predicted molar refractivity (Wildman–Crippen MR) is 146 cm³/mol. The Bertz CT molecular complexity index is 1770. The van der Waals surface area contributed by atoms with Crippen molar-refractivity contribution >= 4 is 11.3 Å². The molecule has 0 aliphatic carbocycles. The molecule has 8 nitrogen and oxygen atoms in total. The van der Waals surface area contributed by atoms with E-state index in [9.17, 15) is 0 Å². The Morgan fingerprint density at radius 2 is 1.53 bits per heavy atom. The molecule has 0 N–H and O–H groups in total. The van der Waals surface area contributed by atoms with E-state index >= 15 is 0 Å². The Balaban J connectivity index is 1.44. The summed E-state index contributed by atoms with van der Waals surface area (Å²) in [7, 11) is 4.05. The molecule has 3 aromatic heterocycles. The molecule has 0 radical (unpaired) electrons. The number of hydrogen-bond donors (Lipinski definition) is 0. The Hall–Kier alpha value is -4.98. The van der Waals surface area contributed by atoms with E-state index in [0.29, 0.717) is 23.2 Å². The van der Waals surface area contributed by atoms with Gasteiger partial charge in [-0.1, -0.05) is 48.5 Å². The van der Waals surface area contributed by atoms with Crippen LogP contribution in [0.25, 0.3) is 22.7 Å². The van der Waals surface area contributed by atoms with Crippen molar-refractivity contribution in [1.29, 1.82) is 0 Å². The zero-order valence-corrected chi connectivity index (χ0v) is 21.3. The number of aromatic nitrogens is 6. The minimum absolute atomic E-state index is 0.170. The molecule has 1 aliphatic rings. The van der Waals surface area contributed by atoms with E-state index in [1.807, 2.05) is 74.2 Å². The smallest absolute Gasteiger partial charge is 0.230 e. The Kier molecular flexibility index (Phi) is 5.00. The molecule has 0 amide bonds. The van der Waals surface area contributed by atoms with Crippen LogP contribution in [0.4, 0.5) is 5.69 Å². The van der Waals surface area contributed by atoms with Gasteiger partial charge in [-0.25, -0.2) is 19.2 Å². The quantitative estimate of drug-likeness (QED) is 0.312. The lowest BCUT2D eigenvalue weighted by molar-refractivity contribution is 0.402. The van der Waals surface area contributed by atoms with Gasteiger partial charge in [0.25, 0.3) is 0 Å². The van der Waals surface area contributed by atoms with Crippen LogP contribution in [0.5, 0.6) is 11.8 Å². The molecule has 8 heteroatoms. The number of nitrogens with zero attached hydrogens (tertiary/aromatic N) is 7. The number of benzene rings is 3. The topological polar surface area (TPSA) is 73.4 Å². The molecule has 4 heterocycles. The lowest BCUT2D eigenvalue weighted by Crippen LogP contribution is -2.16. The van der Waals surface area contributed by atoms with Crippen molar-refractivity contribution in [3.05, 3.63) is 114 Å². The predicted octanol–water partition coefficient (Wildman–Crippen LogP) is 5.64. The number of hydrogen-bond acceptors (Lipinski definition) is 6. The summed E-state index contributed by atoms with van der Waals surface area (Å²) in [6.45, 7) is 2.03. The van der Waals surface area contributed by atoms with Crippen LogP contribution in [-0.2, 0) is 0 Å². The normalized spacial score (nSPS) is 14.1. The van der Waals surface area contributed by atoms with Crippen molar-refractivity contribution in [2.45, 2.75) is 12.8 Å². The number of ether oxygens (including phenoxy) is 1. The van der Waals surface area contributed by atoms with Crippen molar-refractivity contribution in [3.63, 3.8) is 0 Å². The van der Waals surface area contributed by atoms with Gasteiger partial charge in [-0.05, 0) is 48.9 Å². The first-order valence-electron chi connectivity index (χ1n) is 12.5. The summed E-state index contributed by atoms with van der Waals surface area (Å²) in [5.74, 6) is 1.65. The SMILES string of the molecule is Cc1nn(-c2ccccc2)c2c1[C@H](c1ccccc1)c1c(ncn3nc(-c4ccc(N(C)C)cc4)nc13)O2. The maximum atomic E-state index is 6.50. The summed E-state index contributed by atoms with van der Waals surface area (Å²) in [6.07, 6.45) is 1.67. The molecule has 0 bridgehead atoms. The van der Waals surface area contributed by atoms with Crippen LogP contribution < -0.4 is 9.64 Å². The summed E-state index contributed by atoms with van der Waals surface area (Å²) in [6, 6.07) is 28.6. The van der Waals surface area contributed by atoms with E-state index in [1.165, 1.54) is 0 Å². The van der Waals surface area contributed by atoms with Crippen LogP contribution in [-0.4, -0.2) is 43.5 Å². The van der Waals surface area contributed by atoms with Gasteiger partial charge in [0.1, 0.15) is 6.33 Å². The van der Waals surface area contributed by atoms with Crippen LogP contribution in [0.1, 0.15) is 28.3 Å². The minimum atomic E-state index is -0.170. The van der Waals surface area contributed by atoms with Gasteiger partial charge in [0.2, 0.25) is 11.8 Å². The second-order valence-corrected chi connectivity index (χ2v) is 9.61. The lowest BCUT2D eigenvalue weighted by atomic mass is 9.84. The third-order valence-corrected chi connectivity index (χ3v) is 7.00. The van der Waals surface area contributed by atoms with Gasteiger partial charge in [0, 0.05) is 25.3 Å². The molecule has 3 aromatic carbocycles. The van der Waals surface area contributed by atoms with Crippen molar-refractivity contribution in [1.82, 2.24) is 29.4 Å². The van der Waals surface area contributed by atoms with Crippen LogP contribution in [0.15, 0.2) is 91.3 Å². The number of fused-ring (bicyclic) bond motifs is 4. The fourth-order valence-corrected chi connectivity index (χ4v) is 5.13. The van der Waals surface area contributed by atoms with Gasteiger partial charge in [0.15, 0.2) is 11.5 Å². The lowest BCUT2D eigenvalue weighted by Gasteiger charge is -2.26. The van der Waals surface area contributed by atoms with Crippen molar-refractivity contribution < 1.29 is 4.74 Å². The van der Waals surface area contributed by atoms with Gasteiger partial charge in [-0.15, -0.1) is 5.10 Å². The second-order valence-electron chi connectivity index (χ2n) is 9.61. The van der Waals surface area contributed by atoms with Gasteiger partial charge in [-0.2, -0.15) is 5.10 Å².